The lowest BCUT2D eigenvalue weighted by molar-refractivity contribution is -0.123. The standard InChI is InChI=1S/C21H25FN2O3S/c1-3-20(24(28(2,26)27)17-13-11-16(22)12-14-17)21(25)23-19-10-6-8-15-7-4-5-9-18(15)19/h4-5,7,9,11-14,19-20H,3,6,8,10H2,1-2H3,(H,23,25)/t19-,20+/m0/s1. The molecule has 0 fully saturated rings. The first-order valence-corrected chi connectivity index (χ1v) is 11.3. The van der Waals surface area contributed by atoms with Gasteiger partial charge >= 0.3 is 0 Å². The zero-order valence-corrected chi connectivity index (χ0v) is 16.9. The number of rotatable bonds is 6. The van der Waals surface area contributed by atoms with E-state index in [0.29, 0.717) is 6.42 Å². The molecule has 1 aliphatic rings. The van der Waals surface area contributed by atoms with Crippen molar-refractivity contribution in [3.8, 4) is 0 Å². The predicted molar refractivity (Wildman–Crippen MR) is 108 cm³/mol. The summed E-state index contributed by atoms with van der Waals surface area (Å²) < 4.78 is 39.3. The van der Waals surface area contributed by atoms with E-state index in [1.54, 1.807) is 6.92 Å². The van der Waals surface area contributed by atoms with Crippen molar-refractivity contribution >= 4 is 21.6 Å². The highest BCUT2D eigenvalue weighted by Gasteiger charge is 2.33. The number of aryl methyl sites for hydroxylation is 1. The smallest absolute Gasteiger partial charge is 0.244 e. The molecule has 0 aromatic heterocycles. The molecule has 1 amide bonds. The number of fused-ring (bicyclic) bond motifs is 1. The van der Waals surface area contributed by atoms with Crippen LogP contribution in [0.1, 0.15) is 43.4 Å². The third-order valence-corrected chi connectivity index (χ3v) is 6.28. The van der Waals surface area contributed by atoms with Crippen LogP contribution in [0.2, 0.25) is 0 Å². The molecule has 1 N–H and O–H groups in total. The summed E-state index contributed by atoms with van der Waals surface area (Å²) in [6.07, 6.45) is 4.11. The van der Waals surface area contributed by atoms with Gasteiger partial charge in [-0.2, -0.15) is 0 Å². The number of hydrogen-bond acceptors (Lipinski definition) is 3. The summed E-state index contributed by atoms with van der Waals surface area (Å²) in [5.41, 5.74) is 2.57. The molecular weight excluding hydrogens is 379 g/mol. The SMILES string of the molecule is CC[C@H](C(=O)N[C@H]1CCCc2ccccc21)N(c1ccc(F)cc1)S(C)(=O)=O. The summed E-state index contributed by atoms with van der Waals surface area (Å²) in [4.78, 5) is 13.1. The van der Waals surface area contributed by atoms with Crippen molar-refractivity contribution < 1.29 is 17.6 Å². The molecule has 0 bridgehead atoms. The van der Waals surface area contributed by atoms with Crippen molar-refractivity contribution in [2.45, 2.75) is 44.7 Å². The number of nitrogens with zero attached hydrogens (tertiary/aromatic N) is 1. The second-order valence-corrected chi connectivity index (χ2v) is 8.97. The number of amides is 1. The Balaban J connectivity index is 1.88. The molecule has 0 unspecified atom stereocenters. The van der Waals surface area contributed by atoms with Crippen LogP contribution < -0.4 is 9.62 Å². The highest BCUT2D eigenvalue weighted by molar-refractivity contribution is 7.92. The highest BCUT2D eigenvalue weighted by atomic mass is 32.2. The fourth-order valence-corrected chi connectivity index (χ4v) is 5.03. The van der Waals surface area contributed by atoms with E-state index in [0.717, 1.165) is 35.4 Å². The molecule has 2 atom stereocenters. The van der Waals surface area contributed by atoms with Gasteiger partial charge in [-0.15, -0.1) is 0 Å². The van der Waals surface area contributed by atoms with E-state index in [9.17, 15) is 17.6 Å². The van der Waals surface area contributed by atoms with Gasteiger partial charge in [0.15, 0.2) is 0 Å². The van der Waals surface area contributed by atoms with Crippen LogP contribution in [0.5, 0.6) is 0 Å². The molecule has 0 saturated heterocycles. The molecule has 0 radical (unpaired) electrons. The van der Waals surface area contributed by atoms with Crippen molar-refractivity contribution in [2.24, 2.45) is 0 Å². The highest BCUT2D eigenvalue weighted by Crippen LogP contribution is 2.30. The molecule has 5 nitrogen and oxygen atoms in total. The molecule has 1 aliphatic carbocycles. The third-order valence-electron chi connectivity index (χ3n) is 5.10. The van der Waals surface area contributed by atoms with Crippen LogP contribution in [0.4, 0.5) is 10.1 Å². The van der Waals surface area contributed by atoms with E-state index in [2.05, 4.69) is 11.4 Å². The Morgan fingerprint density at radius 3 is 2.54 bits per heavy atom. The first-order chi connectivity index (χ1) is 13.3. The summed E-state index contributed by atoms with van der Waals surface area (Å²) in [5, 5.41) is 3.04. The second-order valence-electron chi connectivity index (χ2n) is 7.11. The van der Waals surface area contributed by atoms with E-state index in [4.69, 9.17) is 0 Å². The van der Waals surface area contributed by atoms with Gasteiger partial charge < -0.3 is 5.32 Å². The first-order valence-electron chi connectivity index (χ1n) is 9.44. The van der Waals surface area contributed by atoms with Gasteiger partial charge in [-0.3, -0.25) is 9.10 Å². The van der Waals surface area contributed by atoms with Crippen molar-refractivity contribution in [2.75, 3.05) is 10.6 Å². The normalized spacial score (nSPS) is 17.5. The zero-order valence-electron chi connectivity index (χ0n) is 16.1. The van der Waals surface area contributed by atoms with E-state index in [-0.39, 0.29) is 17.6 Å². The molecule has 28 heavy (non-hydrogen) atoms. The molecule has 150 valence electrons. The molecule has 7 heteroatoms. The van der Waals surface area contributed by atoms with Crippen LogP contribution in [-0.4, -0.2) is 26.6 Å². The number of hydrogen-bond donors (Lipinski definition) is 1. The quantitative estimate of drug-likeness (QED) is 0.801. The predicted octanol–water partition coefficient (Wildman–Crippen LogP) is 3.56. The maximum absolute atomic E-state index is 13.3. The topological polar surface area (TPSA) is 66.5 Å². The number of anilines is 1. The maximum atomic E-state index is 13.3. The third kappa shape index (κ3) is 4.35. The van der Waals surface area contributed by atoms with E-state index in [1.807, 2.05) is 18.2 Å². The molecule has 2 aromatic rings. The molecule has 0 aliphatic heterocycles. The number of carbonyl (C=O) groups excluding carboxylic acids is 1. The number of benzene rings is 2. The van der Waals surface area contributed by atoms with Crippen molar-refractivity contribution in [3.05, 3.63) is 65.5 Å². The lowest BCUT2D eigenvalue weighted by Crippen LogP contribution is -2.50. The molecule has 0 heterocycles. The van der Waals surface area contributed by atoms with Crippen LogP contribution in [-0.2, 0) is 21.2 Å². The van der Waals surface area contributed by atoms with Crippen molar-refractivity contribution in [3.63, 3.8) is 0 Å². The van der Waals surface area contributed by atoms with Gasteiger partial charge in [0.25, 0.3) is 0 Å². The zero-order chi connectivity index (χ0) is 20.3. The van der Waals surface area contributed by atoms with Gasteiger partial charge in [0, 0.05) is 0 Å². The maximum Gasteiger partial charge on any atom is 0.244 e. The van der Waals surface area contributed by atoms with Crippen LogP contribution in [0.15, 0.2) is 48.5 Å². The molecule has 0 saturated carbocycles. The van der Waals surface area contributed by atoms with Crippen LogP contribution in [0.25, 0.3) is 0 Å². The minimum atomic E-state index is -3.74. The summed E-state index contributed by atoms with van der Waals surface area (Å²) in [5.74, 6) is -0.813. The van der Waals surface area contributed by atoms with Crippen LogP contribution in [0.3, 0.4) is 0 Å². The minimum absolute atomic E-state index is 0.138. The Bertz CT molecular complexity index is 944. The monoisotopic (exact) mass is 404 g/mol. The summed E-state index contributed by atoms with van der Waals surface area (Å²) in [6, 6.07) is 12.1. The van der Waals surface area contributed by atoms with Gasteiger partial charge in [-0.25, -0.2) is 12.8 Å². The summed E-state index contributed by atoms with van der Waals surface area (Å²) in [7, 11) is -3.74. The number of sulfonamides is 1. The average molecular weight is 405 g/mol. The Kier molecular flexibility index (Phi) is 6.03. The summed E-state index contributed by atoms with van der Waals surface area (Å²) >= 11 is 0. The van der Waals surface area contributed by atoms with E-state index < -0.39 is 21.9 Å². The fourth-order valence-electron chi connectivity index (χ4n) is 3.82. The lowest BCUT2D eigenvalue weighted by atomic mass is 9.87. The average Bonchev–Trinajstić information content (AvgIpc) is 2.66. The number of halogens is 1. The van der Waals surface area contributed by atoms with Crippen molar-refractivity contribution in [1.29, 1.82) is 0 Å². The second kappa shape index (κ2) is 8.31. The van der Waals surface area contributed by atoms with Gasteiger partial charge in [0.1, 0.15) is 11.9 Å². The molecular formula is C21H25FN2O3S. The number of carbonyl (C=O) groups is 1. The summed E-state index contributed by atoms with van der Waals surface area (Å²) in [6.45, 7) is 1.76. The lowest BCUT2D eigenvalue weighted by Gasteiger charge is -2.33. The Morgan fingerprint density at radius 1 is 1.21 bits per heavy atom. The Morgan fingerprint density at radius 2 is 1.89 bits per heavy atom. The van der Waals surface area contributed by atoms with Gasteiger partial charge in [0.2, 0.25) is 15.9 Å². The van der Waals surface area contributed by atoms with E-state index in [1.165, 1.54) is 29.8 Å². The molecule has 2 aromatic carbocycles. The van der Waals surface area contributed by atoms with E-state index >= 15 is 0 Å². The molecule has 0 spiro atoms. The van der Waals surface area contributed by atoms with Gasteiger partial charge in [-0.1, -0.05) is 31.2 Å². The minimum Gasteiger partial charge on any atom is -0.347 e. The first kappa shape index (κ1) is 20.3. The van der Waals surface area contributed by atoms with Gasteiger partial charge in [-0.05, 0) is 61.1 Å². The van der Waals surface area contributed by atoms with Crippen LogP contribution in [0, 0.1) is 5.82 Å². The number of nitrogens with one attached hydrogen (secondary N) is 1. The largest absolute Gasteiger partial charge is 0.347 e. The molecule has 3 rings (SSSR count). The van der Waals surface area contributed by atoms with Crippen molar-refractivity contribution in [1.82, 2.24) is 5.32 Å². The Hall–Kier alpha value is -2.41. The fraction of sp³-hybridized carbons (Fsp3) is 0.381. The van der Waals surface area contributed by atoms with Crippen LogP contribution >= 0.6 is 0 Å². The Labute approximate surface area is 165 Å². The van der Waals surface area contributed by atoms with Gasteiger partial charge in [0.05, 0.1) is 18.0 Å².